The zero-order valence-corrected chi connectivity index (χ0v) is 10.3. The first-order valence-corrected chi connectivity index (χ1v) is 6.37. The minimum atomic E-state index is 0.744. The smallest absolute Gasteiger partial charge is 0.122 e. The van der Waals surface area contributed by atoms with Gasteiger partial charge in [-0.2, -0.15) is 11.8 Å². The molecule has 0 aliphatic carbocycles. The highest BCUT2D eigenvalue weighted by atomic mass is 32.2. The number of hydrogen-bond acceptors (Lipinski definition) is 3. The zero-order valence-electron chi connectivity index (χ0n) is 9.45. The number of rotatable bonds is 6. The van der Waals surface area contributed by atoms with Gasteiger partial charge in [-0.1, -0.05) is 12.1 Å². The lowest BCUT2D eigenvalue weighted by Gasteiger charge is -2.09. The van der Waals surface area contributed by atoms with Gasteiger partial charge in [-0.15, -0.1) is 0 Å². The number of benzene rings is 1. The summed E-state index contributed by atoms with van der Waals surface area (Å²) in [7, 11) is 0. The molecule has 0 aromatic heterocycles. The van der Waals surface area contributed by atoms with Crippen molar-refractivity contribution in [3.05, 3.63) is 29.3 Å². The number of aryl methyl sites for hydroxylation is 2. The fourth-order valence-electron chi connectivity index (χ4n) is 1.26. The summed E-state index contributed by atoms with van der Waals surface area (Å²) in [6.45, 7) is 5.65. The predicted molar refractivity (Wildman–Crippen MR) is 67.8 cm³/mol. The van der Waals surface area contributed by atoms with Crippen molar-refractivity contribution in [1.29, 1.82) is 0 Å². The van der Waals surface area contributed by atoms with Crippen molar-refractivity contribution in [2.24, 2.45) is 5.73 Å². The molecule has 0 aliphatic heterocycles. The maximum Gasteiger partial charge on any atom is 0.122 e. The van der Waals surface area contributed by atoms with Crippen LogP contribution in [0.1, 0.15) is 11.1 Å². The van der Waals surface area contributed by atoms with Crippen molar-refractivity contribution in [2.45, 2.75) is 13.8 Å². The van der Waals surface area contributed by atoms with Gasteiger partial charge in [0, 0.05) is 18.1 Å². The second-order valence-corrected chi connectivity index (χ2v) is 4.74. The van der Waals surface area contributed by atoms with Gasteiger partial charge in [0.25, 0.3) is 0 Å². The van der Waals surface area contributed by atoms with E-state index >= 15 is 0 Å². The first-order chi connectivity index (χ1) is 7.24. The lowest BCUT2D eigenvalue weighted by atomic mass is 10.1. The maximum atomic E-state index is 5.70. The summed E-state index contributed by atoms with van der Waals surface area (Å²) in [6, 6.07) is 6.28. The first-order valence-electron chi connectivity index (χ1n) is 5.22. The lowest BCUT2D eigenvalue weighted by Crippen LogP contribution is -2.06. The van der Waals surface area contributed by atoms with Gasteiger partial charge in [-0.25, -0.2) is 0 Å². The van der Waals surface area contributed by atoms with Gasteiger partial charge in [0.05, 0.1) is 6.61 Å². The third kappa shape index (κ3) is 4.58. The van der Waals surface area contributed by atoms with E-state index in [1.807, 2.05) is 11.8 Å². The summed E-state index contributed by atoms with van der Waals surface area (Å²) in [4.78, 5) is 0. The van der Waals surface area contributed by atoms with Gasteiger partial charge in [0.2, 0.25) is 0 Å². The van der Waals surface area contributed by atoms with Gasteiger partial charge in [-0.05, 0) is 31.0 Å². The summed E-state index contributed by atoms with van der Waals surface area (Å²) in [5.74, 6) is 3.02. The quantitative estimate of drug-likeness (QED) is 0.755. The molecule has 84 valence electrons. The molecule has 0 spiro atoms. The van der Waals surface area contributed by atoms with Gasteiger partial charge in [0.1, 0.15) is 5.75 Å². The van der Waals surface area contributed by atoms with Crippen molar-refractivity contribution in [3.63, 3.8) is 0 Å². The fourth-order valence-corrected chi connectivity index (χ4v) is 1.83. The Bertz CT molecular complexity index is 302. The molecule has 0 saturated heterocycles. The molecule has 0 bridgehead atoms. The third-order valence-corrected chi connectivity index (χ3v) is 3.07. The van der Waals surface area contributed by atoms with Crippen molar-refractivity contribution in [3.8, 4) is 5.75 Å². The third-order valence-electron chi connectivity index (χ3n) is 2.09. The lowest BCUT2D eigenvalue weighted by molar-refractivity contribution is 0.341. The number of hydrogen-bond donors (Lipinski definition) is 1. The van der Waals surface area contributed by atoms with Crippen LogP contribution >= 0.6 is 11.8 Å². The molecule has 0 aliphatic rings. The molecule has 1 aromatic rings. The molecule has 1 rings (SSSR count). The Balaban J connectivity index is 2.33. The Labute approximate surface area is 96.2 Å². The number of ether oxygens (including phenoxy) is 1. The fraction of sp³-hybridized carbons (Fsp3) is 0.500. The van der Waals surface area contributed by atoms with Crippen LogP contribution in [0.5, 0.6) is 5.75 Å². The minimum Gasteiger partial charge on any atom is -0.492 e. The van der Waals surface area contributed by atoms with Crippen LogP contribution in [0.4, 0.5) is 0 Å². The number of nitrogens with two attached hydrogens (primary N) is 1. The van der Waals surface area contributed by atoms with Crippen molar-refractivity contribution >= 4 is 11.8 Å². The van der Waals surface area contributed by atoms with Crippen LogP contribution in [0.2, 0.25) is 0 Å². The molecule has 0 fully saturated rings. The van der Waals surface area contributed by atoms with Gasteiger partial charge < -0.3 is 10.5 Å². The van der Waals surface area contributed by atoms with E-state index in [2.05, 4.69) is 32.0 Å². The maximum absolute atomic E-state index is 5.70. The Morgan fingerprint density at radius 1 is 1.27 bits per heavy atom. The summed E-state index contributed by atoms with van der Waals surface area (Å²) in [6.07, 6.45) is 0. The first kappa shape index (κ1) is 12.4. The molecule has 2 N–H and O–H groups in total. The van der Waals surface area contributed by atoms with E-state index in [4.69, 9.17) is 10.5 Å². The van der Waals surface area contributed by atoms with E-state index in [-0.39, 0.29) is 0 Å². The number of thioether (sulfide) groups is 1. The Hall–Kier alpha value is -0.670. The SMILES string of the molecule is Cc1ccc(C)c(OCCSCCN)c1. The Morgan fingerprint density at radius 2 is 2.07 bits per heavy atom. The highest BCUT2D eigenvalue weighted by Crippen LogP contribution is 2.19. The molecule has 0 atom stereocenters. The van der Waals surface area contributed by atoms with E-state index < -0.39 is 0 Å². The summed E-state index contributed by atoms with van der Waals surface area (Å²) in [5.41, 5.74) is 7.84. The highest BCUT2D eigenvalue weighted by molar-refractivity contribution is 7.99. The van der Waals surface area contributed by atoms with Crippen LogP contribution in [0.25, 0.3) is 0 Å². The summed E-state index contributed by atoms with van der Waals surface area (Å²) < 4.78 is 5.70. The van der Waals surface area contributed by atoms with E-state index in [1.54, 1.807) is 0 Å². The molecule has 15 heavy (non-hydrogen) atoms. The Kier molecular flexibility index (Phi) is 5.58. The highest BCUT2D eigenvalue weighted by Gasteiger charge is 1.99. The van der Waals surface area contributed by atoms with Crippen LogP contribution in [-0.2, 0) is 0 Å². The van der Waals surface area contributed by atoms with E-state index in [0.717, 1.165) is 30.4 Å². The van der Waals surface area contributed by atoms with Gasteiger partial charge >= 0.3 is 0 Å². The van der Waals surface area contributed by atoms with Crippen molar-refractivity contribution in [1.82, 2.24) is 0 Å². The Morgan fingerprint density at radius 3 is 2.80 bits per heavy atom. The average molecular weight is 225 g/mol. The van der Waals surface area contributed by atoms with Gasteiger partial charge in [0.15, 0.2) is 0 Å². The minimum absolute atomic E-state index is 0.744. The van der Waals surface area contributed by atoms with E-state index in [9.17, 15) is 0 Å². The van der Waals surface area contributed by atoms with Crippen LogP contribution in [-0.4, -0.2) is 24.7 Å². The van der Waals surface area contributed by atoms with E-state index in [0.29, 0.717) is 0 Å². The second kappa shape index (κ2) is 6.75. The normalized spacial score (nSPS) is 10.3. The summed E-state index contributed by atoms with van der Waals surface area (Å²) in [5, 5.41) is 0. The van der Waals surface area contributed by atoms with E-state index in [1.165, 1.54) is 11.1 Å². The van der Waals surface area contributed by atoms with Crippen molar-refractivity contribution in [2.75, 3.05) is 24.7 Å². The molecule has 0 heterocycles. The standard InChI is InChI=1S/C12H19NOS/c1-10-3-4-11(2)12(9-10)14-6-8-15-7-5-13/h3-4,9H,5-8,13H2,1-2H3. The molecular weight excluding hydrogens is 206 g/mol. The molecule has 0 unspecified atom stereocenters. The molecule has 3 heteroatoms. The molecule has 1 aromatic carbocycles. The van der Waals surface area contributed by atoms with Crippen LogP contribution in [0, 0.1) is 13.8 Å². The molecule has 2 nitrogen and oxygen atoms in total. The monoisotopic (exact) mass is 225 g/mol. The molecule has 0 amide bonds. The van der Waals surface area contributed by atoms with Crippen LogP contribution < -0.4 is 10.5 Å². The van der Waals surface area contributed by atoms with Crippen molar-refractivity contribution < 1.29 is 4.74 Å². The molecule has 0 saturated carbocycles. The largest absolute Gasteiger partial charge is 0.492 e. The van der Waals surface area contributed by atoms with Gasteiger partial charge in [-0.3, -0.25) is 0 Å². The average Bonchev–Trinajstić information content (AvgIpc) is 2.23. The molecular formula is C12H19NOS. The topological polar surface area (TPSA) is 35.2 Å². The summed E-state index contributed by atoms with van der Waals surface area (Å²) >= 11 is 1.83. The zero-order chi connectivity index (χ0) is 11.1. The second-order valence-electron chi connectivity index (χ2n) is 3.52. The predicted octanol–water partition coefficient (Wildman–Crippen LogP) is 2.37. The van der Waals surface area contributed by atoms with Crippen LogP contribution in [0.3, 0.4) is 0 Å². The molecule has 0 radical (unpaired) electrons. The van der Waals surface area contributed by atoms with Crippen LogP contribution in [0.15, 0.2) is 18.2 Å².